The molecule has 1 saturated heterocycles. The predicted molar refractivity (Wildman–Crippen MR) is 101 cm³/mol. The van der Waals surface area contributed by atoms with Crippen molar-refractivity contribution >= 4 is 17.9 Å². The third kappa shape index (κ3) is 3.91. The van der Waals surface area contributed by atoms with Gasteiger partial charge in [0.15, 0.2) is 11.6 Å². The lowest BCUT2D eigenvalue weighted by Gasteiger charge is -2.16. The highest BCUT2D eigenvalue weighted by atomic mass is 19.1. The Hall–Kier alpha value is -3.96. The quantitative estimate of drug-likeness (QED) is 0.611. The van der Waals surface area contributed by atoms with Crippen molar-refractivity contribution in [3.8, 4) is 5.69 Å². The number of cyclic esters (lactones) is 1. The maximum atomic E-state index is 14.2. The normalized spacial score (nSPS) is 16.0. The van der Waals surface area contributed by atoms with Crippen molar-refractivity contribution in [1.29, 1.82) is 0 Å². The molecule has 1 amide bonds. The SMILES string of the molecule is C[C@H](Nc1ncc(F)c(N2C(=O)OC/C2=C/F)n1)c1cn(-c2ccc(F)cc2F)cn1. The van der Waals surface area contributed by atoms with Crippen molar-refractivity contribution in [3.63, 3.8) is 0 Å². The minimum absolute atomic E-state index is 0.0654. The van der Waals surface area contributed by atoms with Crippen LogP contribution in [0.5, 0.6) is 0 Å². The van der Waals surface area contributed by atoms with Crippen LogP contribution in [0, 0.1) is 17.5 Å². The molecule has 0 bridgehead atoms. The molecule has 1 fully saturated rings. The predicted octanol–water partition coefficient (Wildman–Crippen LogP) is 4.02. The Labute approximate surface area is 172 Å². The number of nitrogens with zero attached hydrogens (tertiary/aromatic N) is 5. The summed E-state index contributed by atoms with van der Waals surface area (Å²) in [4.78, 5) is 24.4. The highest BCUT2D eigenvalue weighted by Crippen LogP contribution is 2.28. The van der Waals surface area contributed by atoms with E-state index in [4.69, 9.17) is 4.74 Å². The summed E-state index contributed by atoms with van der Waals surface area (Å²) < 4.78 is 60.3. The van der Waals surface area contributed by atoms with Gasteiger partial charge in [0.25, 0.3) is 0 Å². The molecule has 2 aromatic heterocycles. The van der Waals surface area contributed by atoms with Crippen LogP contribution in [0.25, 0.3) is 5.69 Å². The zero-order valence-electron chi connectivity index (χ0n) is 15.9. The number of amides is 1. The number of hydrogen-bond donors (Lipinski definition) is 1. The first-order valence-corrected chi connectivity index (χ1v) is 8.92. The van der Waals surface area contributed by atoms with E-state index in [1.165, 1.54) is 23.2 Å². The maximum absolute atomic E-state index is 14.2. The highest BCUT2D eigenvalue weighted by molar-refractivity contribution is 5.92. The molecule has 0 unspecified atom stereocenters. The summed E-state index contributed by atoms with van der Waals surface area (Å²) in [5.74, 6) is -2.95. The summed E-state index contributed by atoms with van der Waals surface area (Å²) >= 11 is 0. The number of nitrogens with one attached hydrogen (secondary N) is 1. The van der Waals surface area contributed by atoms with Crippen LogP contribution in [-0.4, -0.2) is 32.2 Å². The molecule has 1 N–H and O–H groups in total. The first-order valence-electron chi connectivity index (χ1n) is 8.92. The van der Waals surface area contributed by atoms with E-state index in [2.05, 4.69) is 20.3 Å². The number of rotatable bonds is 5. The molecule has 1 aliphatic rings. The van der Waals surface area contributed by atoms with E-state index in [1.54, 1.807) is 6.92 Å². The zero-order valence-corrected chi connectivity index (χ0v) is 15.9. The molecule has 0 radical (unpaired) electrons. The standard InChI is InChI=1S/C19H14F4N6O2/c1-10(15-7-28(9-25-15)16-3-2-11(21)4-13(16)22)26-18-24-6-14(23)17(27-18)29-12(5-20)8-31-19(29)30/h2-7,9-10H,8H2,1H3,(H,24,26,27)/b12-5-/t10-/m0/s1. The summed E-state index contributed by atoms with van der Waals surface area (Å²) in [6.07, 6.45) is 2.84. The van der Waals surface area contributed by atoms with Crippen molar-refractivity contribution in [2.45, 2.75) is 13.0 Å². The van der Waals surface area contributed by atoms with Crippen molar-refractivity contribution in [3.05, 3.63) is 72.1 Å². The van der Waals surface area contributed by atoms with Gasteiger partial charge in [-0.15, -0.1) is 0 Å². The summed E-state index contributed by atoms with van der Waals surface area (Å²) in [6, 6.07) is 2.63. The van der Waals surface area contributed by atoms with Crippen LogP contribution >= 0.6 is 0 Å². The topological polar surface area (TPSA) is 85.2 Å². The molecule has 1 aromatic carbocycles. The molecule has 1 atom stereocenters. The second-order valence-electron chi connectivity index (χ2n) is 6.52. The van der Waals surface area contributed by atoms with E-state index < -0.39 is 35.4 Å². The van der Waals surface area contributed by atoms with Gasteiger partial charge in [-0.05, 0) is 19.1 Å². The zero-order chi connectivity index (χ0) is 22.1. The fourth-order valence-corrected chi connectivity index (χ4v) is 2.92. The smallest absolute Gasteiger partial charge is 0.420 e. The van der Waals surface area contributed by atoms with Crippen LogP contribution in [0.3, 0.4) is 0 Å². The van der Waals surface area contributed by atoms with Crippen molar-refractivity contribution < 1.29 is 27.1 Å². The van der Waals surface area contributed by atoms with Gasteiger partial charge in [0.05, 0.1) is 35.6 Å². The van der Waals surface area contributed by atoms with Crippen LogP contribution in [0.15, 0.2) is 48.9 Å². The number of halogens is 4. The van der Waals surface area contributed by atoms with E-state index in [0.717, 1.165) is 18.3 Å². The van der Waals surface area contributed by atoms with E-state index in [9.17, 15) is 22.4 Å². The van der Waals surface area contributed by atoms with Crippen LogP contribution in [-0.2, 0) is 4.74 Å². The number of ether oxygens (including phenoxy) is 1. The molecule has 0 saturated carbocycles. The molecular weight excluding hydrogens is 420 g/mol. The van der Waals surface area contributed by atoms with Gasteiger partial charge in [0.2, 0.25) is 5.95 Å². The average Bonchev–Trinajstić information content (AvgIpc) is 3.36. The van der Waals surface area contributed by atoms with Gasteiger partial charge in [-0.3, -0.25) is 0 Å². The monoisotopic (exact) mass is 434 g/mol. The van der Waals surface area contributed by atoms with Crippen LogP contribution in [0.4, 0.5) is 34.1 Å². The second kappa shape index (κ2) is 8.05. The Morgan fingerprint density at radius 2 is 2.03 bits per heavy atom. The molecule has 0 aliphatic carbocycles. The number of benzene rings is 1. The van der Waals surface area contributed by atoms with Crippen molar-refractivity contribution in [2.24, 2.45) is 0 Å². The Morgan fingerprint density at radius 1 is 1.23 bits per heavy atom. The van der Waals surface area contributed by atoms with Gasteiger partial charge in [-0.1, -0.05) is 0 Å². The Balaban J connectivity index is 1.56. The van der Waals surface area contributed by atoms with Gasteiger partial charge in [0, 0.05) is 12.3 Å². The van der Waals surface area contributed by atoms with E-state index in [-0.39, 0.29) is 30.3 Å². The number of imidazole rings is 1. The summed E-state index contributed by atoms with van der Waals surface area (Å²) in [5, 5.41) is 2.87. The number of anilines is 2. The highest BCUT2D eigenvalue weighted by Gasteiger charge is 2.33. The Kier molecular flexibility index (Phi) is 5.28. The van der Waals surface area contributed by atoms with E-state index in [1.807, 2.05) is 0 Å². The fraction of sp³-hybridized carbons (Fsp3) is 0.158. The largest absolute Gasteiger partial charge is 0.442 e. The maximum Gasteiger partial charge on any atom is 0.420 e. The summed E-state index contributed by atoms with van der Waals surface area (Å²) in [5.41, 5.74) is 0.343. The second-order valence-corrected chi connectivity index (χ2v) is 6.52. The molecule has 31 heavy (non-hydrogen) atoms. The molecule has 4 rings (SSSR count). The Morgan fingerprint density at radius 3 is 2.77 bits per heavy atom. The van der Waals surface area contributed by atoms with Gasteiger partial charge in [-0.25, -0.2) is 37.2 Å². The minimum Gasteiger partial charge on any atom is -0.442 e. The van der Waals surface area contributed by atoms with Gasteiger partial charge in [0.1, 0.15) is 24.6 Å². The van der Waals surface area contributed by atoms with Crippen LogP contribution < -0.4 is 10.2 Å². The van der Waals surface area contributed by atoms with Gasteiger partial charge < -0.3 is 14.6 Å². The van der Waals surface area contributed by atoms with Crippen LogP contribution in [0.1, 0.15) is 18.7 Å². The summed E-state index contributed by atoms with van der Waals surface area (Å²) in [6.45, 7) is 1.34. The molecule has 12 heteroatoms. The molecule has 3 aromatic rings. The van der Waals surface area contributed by atoms with Crippen molar-refractivity contribution in [1.82, 2.24) is 19.5 Å². The van der Waals surface area contributed by atoms with Crippen molar-refractivity contribution in [2.75, 3.05) is 16.8 Å². The molecular formula is C19H14F4N6O2. The average molecular weight is 434 g/mol. The lowest BCUT2D eigenvalue weighted by Crippen LogP contribution is -2.25. The van der Waals surface area contributed by atoms with E-state index >= 15 is 0 Å². The van der Waals surface area contributed by atoms with Gasteiger partial charge >= 0.3 is 6.09 Å². The lowest BCUT2D eigenvalue weighted by atomic mass is 10.2. The molecule has 3 heterocycles. The Bertz CT molecular complexity index is 1180. The first-order chi connectivity index (χ1) is 14.9. The number of hydrogen-bond acceptors (Lipinski definition) is 6. The fourth-order valence-electron chi connectivity index (χ4n) is 2.92. The minimum atomic E-state index is -0.972. The molecule has 0 spiro atoms. The molecule has 1 aliphatic heterocycles. The number of carbonyl (C=O) groups is 1. The lowest BCUT2D eigenvalue weighted by molar-refractivity contribution is 0.182. The van der Waals surface area contributed by atoms with Crippen LogP contribution in [0.2, 0.25) is 0 Å². The molecule has 8 nitrogen and oxygen atoms in total. The number of aromatic nitrogens is 4. The third-order valence-electron chi connectivity index (χ3n) is 4.46. The molecule has 160 valence electrons. The van der Waals surface area contributed by atoms with E-state index in [0.29, 0.717) is 10.6 Å². The first kappa shape index (κ1) is 20.3. The summed E-state index contributed by atoms with van der Waals surface area (Å²) in [7, 11) is 0. The van der Waals surface area contributed by atoms with Gasteiger partial charge in [-0.2, -0.15) is 4.98 Å². The number of carbonyl (C=O) groups excluding carboxylic acids is 1. The third-order valence-corrected chi connectivity index (χ3v) is 4.46.